The summed E-state index contributed by atoms with van der Waals surface area (Å²) in [6.45, 7) is 3.82. The summed E-state index contributed by atoms with van der Waals surface area (Å²) in [6.07, 6.45) is 1.59. The summed E-state index contributed by atoms with van der Waals surface area (Å²) < 4.78 is 18.1. The second kappa shape index (κ2) is 6.50. The molecule has 3 heteroatoms. The largest absolute Gasteiger partial charge is 0.382 e. The van der Waals surface area contributed by atoms with E-state index in [1.807, 2.05) is 13.8 Å². The van der Waals surface area contributed by atoms with Gasteiger partial charge in [-0.3, -0.25) is 4.79 Å². The summed E-state index contributed by atoms with van der Waals surface area (Å²) >= 11 is 0. The monoisotopic (exact) mass is 238 g/mol. The van der Waals surface area contributed by atoms with Crippen LogP contribution in [0.3, 0.4) is 0 Å². The molecule has 0 spiro atoms. The van der Waals surface area contributed by atoms with Crippen LogP contribution < -0.4 is 0 Å². The van der Waals surface area contributed by atoms with Gasteiger partial charge in [-0.05, 0) is 43.5 Å². The molecule has 17 heavy (non-hydrogen) atoms. The van der Waals surface area contributed by atoms with E-state index in [0.29, 0.717) is 19.3 Å². The molecule has 1 atom stereocenters. The highest BCUT2D eigenvalue weighted by atomic mass is 19.1. The fraction of sp³-hybridized carbons (Fsp3) is 0.500. The van der Waals surface area contributed by atoms with Crippen molar-refractivity contribution in [3.8, 4) is 0 Å². The van der Waals surface area contributed by atoms with Crippen LogP contribution in [0.25, 0.3) is 0 Å². The Morgan fingerprint density at radius 3 is 2.82 bits per heavy atom. The molecule has 1 rings (SSSR count). The van der Waals surface area contributed by atoms with E-state index in [9.17, 15) is 9.18 Å². The molecule has 0 aliphatic carbocycles. The van der Waals surface area contributed by atoms with Gasteiger partial charge in [0.05, 0.1) is 6.10 Å². The van der Waals surface area contributed by atoms with E-state index in [1.54, 1.807) is 13.2 Å². The van der Waals surface area contributed by atoms with Crippen molar-refractivity contribution in [1.29, 1.82) is 0 Å². The Bertz CT molecular complexity index is 388. The number of carbonyl (C=O) groups is 1. The highest BCUT2D eigenvalue weighted by Crippen LogP contribution is 2.13. The molecular weight excluding hydrogens is 219 g/mol. The number of hydrogen-bond acceptors (Lipinski definition) is 2. The number of Topliss-reactive ketones (excluding diaryl/α,β-unsaturated/α-hetero) is 1. The quantitative estimate of drug-likeness (QED) is 0.761. The first-order valence-electron chi connectivity index (χ1n) is 5.82. The summed E-state index contributed by atoms with van der Waals surface area (Å²) in [5, 5.41) is 0. The van der Waals surface area contributed by atoms with Crippen molar-refractivity contribution in [2.24, 2.45) is 0 Å². The minimum atomic E-state index is -0.288. The maximum absolute atomic E-state index is 13.0. The molecule has 1 aromatic carbocycles. The molecule has 0 radical (unpaired) electrons. The Hall–Kier alpha value is -1.22. The average Bonchev–Trinajstić information content (AvgIpc) is 2.30. The number of aryl methyl sites for hydroxylation is 1. The predicted octanol–water partition coefficient (Wildman–Crippen LogP) is 3.06. The maximum atomic E-state index is 13.0. The standard InChI is InChI=1S/C14H19FO2/c1-10-4-6-13(15)8-12(10)9-14(16)7-5-11(2)17-3/h4,6,8,11H,5,7,9H2,1-3H3. The van der Waals surface area contributed by atoms with Crippen LogP contribution in [0.5, 0.6) is 0 Å². The smallest absolute Gasteiger partial charge is 0.137 e. The topological polar surface area (TPSA) is 26.3 Å². The van der Waals surface area contributed by atoms with Crippen LogP contribution in [0.2, 0.25) is 0 Å². The average molecular weight is 238 g/mol. The Morgan fingerprint density at radius 1 is 1.47 bits per heavy atom. The minimum Gasteiger partial charge on any atom is -0.382 e. The van der Waals surface area contributed by atoms with Gasteiger partial charge in [0.25, 0.3) is 0 Å². The van der Waals surface area contributed by atoms with E-state index in [1.165, 1.54) is 12.1 Å². The highest BCUT2D eigenvalue weighted by Gasteiger charge is 2.09. The fourth-order valence-corrected chi connectivity index (χ4v) is 1.61. The summed E-state index contributed by atoms with van der Waals surface area (Å²) in [5.74, 6) is -0.161. The number of ketones is 1. The van der Waals surface area contributed by atoms with Crippen LogP contribution >= 0.6 is 0 Å². The van der Waals surface area contributed by atoms with Crippen LogP contribution in [-0.4, -0.2) is 19.0 Å². The lowest BCUT2D eigenvalue weighted by Gasteiger charge is -2.09. The highest BCUT2D eigenvalue weighted by molar-refractivity contribution is 5.81. The second-order valence-electron chi connectivity index (χ2n) is 4.37. The van der Waals surface area contributed by atoms with Gasteiger partial charge in [0, 0.05) is 20.0 Å². The lowest BCUT2D eigenvalue weighted by molar-refractivity contribution is -0.119. The molecule has 0 aromatic heterocycles. The predicted molar refractivity (Wildman–Crippen MR) is 65.6 cm³/mol. The van der Waals surface area contributed by atoms with Crippen molar-refractivity contribution >= 4 is 5.78 Å². The number of methoxy groups -OCH3 is 1. The SMILES string of the molecule is COC(C)CCC(=O)Cc1cc(F)ccc1C. The molecule has 0 saturated carbocycles. The van der Waals surface area contributed by atoms with Crippen molar-refractivity contribution in [2.45, 2.75) is 39.2 Å². The molecule has 1 aromatic rings. The summed E-state index contributed by atoms with van der Waals surface area (Å²) in [7, 11) is 1.63. The molecule has 1 unspecified atom stereocenters. The van der Waals surface area contributed by atoms with E-state index in [4.69, 9.17) is 4.74 Å². The molecule has 0 bridgehead atoms. The summed E-state index contributed by atoms with van der Waals surface area (Å²) in [6, 6.07) is 4.55. The van der Waals surface area contributed by atoms with Crippen molar-refractivity contribution < 1.29 is 13.9 Å². The van der Waals surface area contributed by atoms with E-state index < -0.39 is 0 Å². The zero-order chi connectivity index (χ0) is 12.8. The lowest BCUT2D eigenvalue weighted by Crippen LogP contribution is -2.10. The number of carbonyl (C=O) groups excluding carboxylic acids is 1. The molecule has 0 saturated heterocycles. The van der Waals surface area contributed by atoms with Crippen LogP contribution in [0.15, 0.2) is 18.2 Å². The summed E-state index contributed by atoms with van der Waals surface area (Å²) in [4.78, 5) is 11.7. The molecule has 2 nitrogen and oxygen atoms in total. The van der Waals surface area contributed by atoms with Crippen LogP contribution in [0, 0.1) is 12.7 Å². The zero-order valence-corrected chi connectivity index (χ0v) is 10.6. The first-order chi connectivity index (χ1) is 8.02. The second-order valence-corrected chi connectivity index (χ2v) is 4.37. The van der Waals surface area contributed by atoms with Gasteiger partial charge < -0.3 is 4.74 Å². The van der Waals surface area contributed by atoms with E-state index in [0.717, 1.165) is 11.1 Å². The van der Waals surface area contributed by atoms with E-state index in [2.05, 4.69) is 0 Å². The zero-order valence-electron chi connectivity index (χ0n) is 10.6. The van der Waals surface area contributed by atoms with Crippen molar-refractivity contribution in [1.82, 2.24) is 0 Å². The van der Waals surface area contributed by atoms with Crippen molar-refractivity contribution in [3.63, 3.8) is 0 Å². The van der Waals surface area contributed by atoms with Crippen molar-refractivity contribution in [2.75, 3.05) is 7.11 Å². The summed E-state index contributed by atoms with van der Waals surface area (Å²) in [5.41, 5.74) is 1.74. The van der Waals surface area contributed by atoms with Gasteiger partial charge in [-0.15, -0.1) is 0 Å². The van der Waals surface area contributed by atoms with E-state index in [-0.39, 0.29) is 17.7 Å². The lowest BCUT2D eigenvalue weighted by atomic mass is 10.0. The number of ether oxygens (including phenoxy) is 1. The Kier molecular flexibility index (Phi) is 5.29. The normalized spacial score (nSPS) is 12.5. The van der Waals surface area contributed by atoms with E-state index >= 15 is 0 Å². The van der Waals surface area contributed by atoms with Gasteiger partial charge in [-0.1, -0.05) is 6.07 Å². The Labute approximate surface area is 102 Å². The molecule has 0 aliphatic rings. The van der Waals surface area contributed by atoms with Gasteiger partial charge in [-0.2, -0.15) is 0 Å². The molecule has 0 heterocycles. The van der Waals surface area contributed by atoms with Crippen molar-refractivity contribution in [3.05, 3.63) is 35.1 Å². The third-order valence-electron chi connectivity index (χ3n) is 2.93. The van der Waals surface area contributed by atoms with Crippen LogP contribution in [-0.2, 0) is 16.0 Å². The van der Waals surface area contributed by atoms with Gasteiger partial charge in [-0.25, -0.2) is 4.39 Å². The molecule has 0 aliphatic heterocycles. The maximum Gasteiger partial charge on any atom is 0.137 e. The van der Waals surface area contributed by atoms with Gasteiger partial charge in [0.2, 0.25) is 0 Å². The molecular formula is C14H19FO2. The number of halogens is 1. The number of hydrogen-bond donors (Lipinski definition) is 0. The number of rotatable bonds is 6. The third-order valence-corrected chi connectivity index (χ3v) is 2.93. The fourth-order valence-electron chi connectivity index (χ4n) is 1.61. The van der Waals surface area contributed by atoms with Gasteiger partial charge in [0.1, 0.15) is 11.6 Å². The van der Waals surface area contributed by atoms with Crippen LogP contribution in [0.4, 0.5) is 4.39 Å². The van der Waals surface area contributed by atoms with Gasteiger partial charge in [0.15, 0.2) is 0 Å². The molecule has 0 amide bonds. The minimum absolute atomic E-state index is 0.0903. The Morgan fingerprint density at radius 2 is 2.18 bits per heavy atom. The van der Waals surface area contributed by atoms with Gasteiger partial charge >= 0.3 is 0 Å². The first kappa shape index (κ1) is 13.8. The molecule has 0 N–H and O–H groups in total. The Balaban J connectivity index is 2.53. The number of benzene rings is 1. The first-order valence-corrected chi connectivity index (χ1v) is 5.82. The third kappa shape index (κ3) is 4.65. The van der Waals surface area contributed by atoms with Crippen LogP contribution in [0.1, 0.15) is 30.9 Å². The molecule has 94 valence electrons. The molecule has 0 fully saturated rings.